The van der Waals surface area contributed by atoms with Gasteiger partial charge in [-0.2, -0.15) is 0 Å². The lowest BCUT2D eigenvalue weighted by Gasteiger charge is -2.18. The number of hydrogen-bond acceptors (Lipinski definition) is 5. The molecule has 0 aliphatic carbocycles. The standard InChI is InChI=1S/C18H17N5O3/c1-12-20-21-17(22(12)2)16(13-6-4-3-5-7-13)19-18(24)14-8-10-15(11-9-14)23(25)26/h3-11,16H,1-2H3,(H,19,24)/t16-/m1/s1. The number of aromatic nitrogens is 3. The highest BCUT2D eigenvalue weighted by Gasteiger charge is 2.23. The van der Waals surface area contributed by atoms with Crippen LogP contribution in [-0.2, 0) is 7.05 Å². The SMILES string of the molecule is Cc1nnc([C@H](NC(=O)c2ccc([N+](=O)[O-])cc2)c2ccccc2)n1C. The van der Waals surface area contributed by atoms with E-state index in [-0.39, 0.29) is 11.6 Å². The minimum Gasteiger partial charge on any atom is -0.338 e. The smallest absolute Gasteiger partial charge is 0.269 e. The third-order valence-electron chi connectivity index (χ3n) is 4.13. The van der Waals surface area contributed by atoms with Gasteiger partial charge in [0.1, 0.15) is 11.9 Å². The largest absolute Gasteiger partial charge is 0.338 e. The quantitative estimate of drug-likeness (QED) is 0.562. The van der Waals surface area contributed by atoms with Gasteiger partial charge in [0, 0.05) is 24.7 Å². The molecule has 1 aromatic heterocycles. The number of rotatable bonds is 5. The van der Waals surface area contributed by atoms with Crippen LogP contribution < -0.4 is 5.32 Å². The molecule has 1 N–H and O–H groups in total. The molecule has 0 aliphatic heterocycles. The van der Waals surface area contributed by atoms with E-state index in [0.29, 0.717) is 11.4 Å². The van der Waals surface area contributed by atoms with Gasteiger partial charge in [-0.05, 0) is 24.6 Å². The Hall–Kier alpha value is -3.55. The number of amides is 1. The fourth-order valence-electron chi connectivity index (χ4n) is 2.57. The average Bonchev–Trinajstić information content (AvgIpc) is 2.99. The van der Waals surface area contributed by atoms with Crippen molar-refractivity contribution < 1.29 is 9.72 Å². The number of nitro benzene ring substituents is 1. The highest BCUT2D eigenvalue weighted by atomic mass is 16.6. The second kappa shape index (κ2) is 7.14. The molecular formula is C18H17N5O3. The van der Waals surface area contributed by atoms with Gasteiger partial charge in [-0.3, -0.25) is 14.9 Å². The average molecular weight is 351 g/mol. The predicted octanol–water partition coefficient (Wildman–Crippen LogP) is 2.55. The fraction of sp³-hybridized carbons (Fsp3) is 0.167. The topological polar surface area (TPSA) is 103 Å². The number of aryl methyl sites for hydroxylation is 1. The van der Waals surface area contributed by atoms with Crippen LogP contribution in [0.4, 0.5) is 5.69 Å². The molecule has 3 aromatic rings. The maximum absolute atomic E-state index is 12.7. The summed E-state index contributed by atoms with van der Waals surface area (Å²) in [6, 6.07) is 14.4. The number of carbonyl (C=O) groups excluding carboxylic acids is 1. The van der Waals surface area contributed by atoms with E-state index in [9.17, 15) is 14.9 Å². The van der Waals surface area contributed by atoms with Crippen molar-refractivity contribution in [2.24, 2.45) is 7.05 Å². The monoisotopic (exact) mass is 351 g/mol. The van der Waals surface area contributed by atoms with Gasteiger partial charge in [0.2, 0.25) is 0 Å². The number of carbonyl (C=O) groups is 1. The Morgan fingerprint density at radius 1 is 1.12 bits per heavy atom. The summed E-state index contributed by atoms with van der Waals surface area (Å²) < 4.78 is 1.81. The zero-order valence-corrected chi connectivity index (χ0v) is 14.3. The van der Waals surface area contributed by atoms with Crippen LogP contribution in [0.2, 0.25) is 0 Å². The molecule has 0 bridgehead atoms. The highest BCUT2D eigenvalue weighted by Crippen LogP contribution is 2.21. The second-order valence-corrected chi connectivity index (χ2v) is 5.79. The summed E-state index contributed by atoms with van der Waals surface area (Å²) in [6.45, 7) is 1.83. The molecule has 2 aromatic carbocycles. The zero-order chi connectivity index (χ0) is 18.7. The molecule has 0 fully saturated rings. The van der Waals surface area contributed by atoms with E-state index >= 15 is 0 Å². The summed E-state index contributed by atoms with van der Waals surface area (Å²) in [5, 5.41) is 21.9. The minimum atomic E-state index is -0.503. The Morgan fingerprint density at radius 2 is 1.77 bits per heavy atom. The summed E-state index contributed by atoms with van der Waals surface area (Å²) >= 11 is 0. The maximum Gasteiger partial charge on any atom is 0.269 e. The van der Waals surface area contributed by atoms with Crippen molar-refractivity contribution in [2.45, 2.75) is 13.0 Å². The summed E-state index contributed by atoms with van der Waals surface area (Å²) in [5.41, 5.74) is 1.12. The first kappa shape index (κ1) is 17.3. The highest BCUT2D eigenvalue weighted by molar-refractivity contribution is 5.94. The summed E-state index contributed by atoms with van der Waals surface area (Å²) in [5.74, 6) is 0.976. The number of nitro groups is 1. The first-order valence-electron chi connectivity index (χ1n) is 7.93. The van der Waals surface area contributed by atoms with Crippen LogP contribution >= 0.6 is 0 Å². The lowest BCUT2D eigenvalue weighted by atomic mass is 10.1. The molecule has 0 aliphatic rings. The third kappa shape index (κ3) is 3.44. The summed E-state index contributed by atoms with van der Waals surface area (Å²) in [6.07, 6.45) is 0. The van der Waals surface area contributed by atoms with Crippen LogP contribution in [0, 0.1) is 17.0 Å². The molecule has 26 heavy (non-hydrogen) atoms. The van der Waals surface area contributed by atoms with Crippen molar-refractivity contribution in [1.29, 1.82) is 0 Å². The van der Waals surface area contributed by atoms with Gasteiger partial charge >= 0.3 is 0 Å². The Morgan fingerprint density at radius 3 is 2.31 bits per heavy atom. The third-order valence-corrected chi connectivity index (χ3v) is 4.13. The van der Waals surface area contributed by atoms with Crippen molar-refractivity contribution in [3.63, 3.8) is 0 Å². The molecule has 3 rings (SSSR count). The van der Waals surface area contributed by atoms with E-state index < -0.39 is 11.0 Å². The number of benzene rings is 2. The van der Waals surface area contributed by atoms with Crippen LogP contribution in [0.3, 0.4) is 0 Å². The van der Waals surface area contributed by atoms with Crippen LogP contribution in [0.25, 0.3) is 0 Å². The van der Waals surface area contributed by atoms with E-state index in [0.717, 1.165) is 11.4 Å². The van der Waals surface area contributed by atoms with Crippen LogP contribution in [0.15, 0.2) is 54.6 Å². The molecule has 0 saturated heterocycles. The number of nitrogens with one attached hydrogen (secondary N) is 1. The molecule has 132 valence electrons. The molecule has 8 nitrogen and oxygen atoms in total. The Balaban J connectivity index is 1.92. The number of non-ortho nitro benzene ring substituents is 1. The molecule has 1 atom stereocenters. The van der Waals surface area contributed by atoms with Gasteiger partial charge in [0.25, 0.3) is 11.6 Å². The van der Waals surface area contributed by atoms with E-state index in [4.69, 9.17) is 0 Å². The normalized spacial score (nSPS) is 11.8. The Labute approximate surface area is 149 Å². The van der Waals surface area contributed by atoms with Gasteiger partial charge in [-0.1, -0.05) is 30.3 Å². The van der Waals surface area contributed by atoms with Crippen LogP contribution in [0.5, 0.6) is 0 Å². The van der Waals surface area contributed by atoms with Gasteiger partial charge in [-0.25, -0.2) is 0 Å². The summed E-state index contributed by atoms with van der Waals surface area (Å²) in [7, 11) is 1.83. The molecule has 0 spiro atoms. The maximum atomic E-state index is 12.7. The van der Waals surface area contributed by atoms with E-state index in [1.54, 1.807) is 0 Å². The van der Waals surface area contributed by atoms with E-state index in [1.165, 1.54) is 24.3 Å². The fourth-order valence-corrected chi connectivity index (χ4v) is 2.57. The lowest BCUT2D eigenvalue weighted by Crippen LogP contribution is -2.31. The molecule has 1 heterocycles. The van der Waals surface area contributed by atoms with Gasteiger partial charge in [0.05, 0.1) is 4.92 Å². The van der Waals surface area contributed by atoms with Crippen LogP contribution in [-0.4, -0.2) is 25.6 Å². The predicted molar refractivity (Wildman–Crippen MR) is 94.6 cm³/mol. The lowest BCUT2D eigenvalue weighted by molar-refractivity contribution is -0.384. The van der Waals surface area contributed by atoms with Crippen molar-refractivity contribution >= 4 is 11.6 Å². The van der Waals surface area contributed by atoms with Gasteiger partial charge < -0.3 is 9.88 Å². The minimum absolute atomic E-state index is 0.0647. The van der Waals surface area contributed by atoms with Gasteiger partial charge in [-0.15, -0.1) is 10.2 Å². The molecule has 8 heteroatoms. The first-order chi connectivity index (χ1) is 12.5. The van der Waals surface area contributed by atoms with Crippen molar-refractivity contribution in [2.75, 3.05) is 0 Å². The summed E-state index contributed by atoms with van der Waals surface area (Å²) in [4.78, 5) is 22.9. The number of hydrogen-bond donors (Lipinski definition) is 1. The second-order valence-electron chi connectivity index (χ2n) is 5.79. The molecule has 0 saturated carbocycles. The Kier molecular flexibility index (Phi) is 4.74. The Bertz CT molecular complexity index is 935. The first-order valence-corrected chi connectivity index (χ1v) is 7.93. The number of nitrogens with zero attached hydrogens (tertiary/aromatic N) is 4. The van der Waals surface area contributed by atoms with Crippen molar-refractivity contribution in [1.82, 2.24) is 20.1 Å². The molecule has 1 amide bonds. The zero-order valence-electron chi connectivity index (χ0n) is 14.3. The van der Waals surface area contributed by atoms with Crippen molar-refractivity contribution in [3.05, 3.63) is 87.5 Å². The van der Waals surface area contributed by atoms with Gasteiger partial charge in [0.15, 0.2) is 5.82 Å². The molecular weight excluding hydrogens is 334 g/mol. The van der Waals surface area contributed by atoms with E-state index in [2.05, 4.69) is 15.5 Å². The van der Waals surface area contributed by atoms with Crippen molar-refractivity contribution in [3.8, 4) is 0 Å². The van der Waals surface area contributed by atoms with E-state index in [1.807, 2.05) is 48.9 Å². The molecule has 0 unspecified atom stereocenters. The molecule has 0 radical (unpaired) electrons. The van der Waals surface area contributed by atoms with Crippen LogP contribution in [0.1, 0.15) is 33.6 Å².